The highest BCUT2D eigenvalue weighted by Crippen LogP contribution is 2.29. The molecule has 0 amide bonds. The first-order chi connectivity index (χ1) is 11.5. The molecule has 2 aromatic heterocycles. The van der Waals surface area contributed by atoms with Crippen LogP contribution in [0.25, 0.3) is 22.2 Å². The molecule has 0 bridgehead atoms. The van der Waals surface area contributed by atoms with Gasteiger partial charge in [-0.05, 0) is 41.8 Å². The van der Waals surface area contributed by atoms with E-state index in [0.29, 0.717) is 12.0 Å². The molecule has 0 spiro atoms. The number of anilines is 1. The van der Waals surface area contributed by atoms with E-state index in [2.05, 4.69) is 14.7 Å². The summed E-state index contributed by atoms with van der Waals surface area (Å²) in [5, 5.41) is 0.883. The molecule has 3 rings (SSSR count). The Morgan fingerprint density at radius 3 is 2.83 bits per heavy atom. The number of nitrogens with zero attached hydrogens (tertiary/aromatic N) is 1. The average molecular weight is 347 g/mol. The van der Waals surface area contributed by atoms with Crippen LogP contribution in [-0.4, -0.2) is 24.1 Å². The molecule has 0 aliphatic heterocycles. The molecule has 24 heavy (non-hydrogen) atoms. The Morgan fingerprint density at radius 1 is 1.25 bits per heavy atom. The summed E-state index contributed by atoms with van der Waals surface area (Å²) in [5.41, 5.74) is 2.18. The molecule has 126 valence electrons. The normalized spacial score (nSPS) is 11.8. The van der Waals surface area contributed by atoms with Crippen LogP contribution in [0.15, 0.2) is 42.7 Å². The number of fused-ring (bicyclic) bond motifs is 1. The molecule has 0 saturated carbocycles. The maximum atomic E-state index is 14.4. The first-order valence-corrected chi connectivity index (χ1v) is 9.38. The Kier molecular flexibility index (Phi) is 4.53. The van der Waals surface area contributed by atoms with Crippen molar-refractivity contribution in [3.05, 3.63) is 48.5 Å². The second kappa shape index (κ2) is 6.60. The fourth-order valence-electron chi connectivity index (χ4n) is 2.53. The number of hydrogen-bond donors (Lipinski definition) is 2. The molecule has 0 unspecified atom stereocenters. The van der Waals surface area contributed by atoms with Crippen LogP contribution in [0.3, 0.4) is 0 Å². The molecule has 0 aliphatic carbocycles. The van der Waals surface area contributed by atoms with Gasteiger partial charge in [0.25, 0.3) is 0 Å². The molecule has 0 atom stereocenters. The van der Waals surface area contributed by atoms with Crippen LogP contribution in [0.4, 0.5) is 10.1 Å². The van der Waals surface area contributed by atoms with Crippen LogP contribution in [0.5, 0.6) is 0 Å². The largest absolute Gasteiger partial charge is 0.346 e. The predicted octanol–water partition coefficient (Wildman–Crippen LogP) is 3.91. The number of nitrogens with one attached hydrogen (secondary N) is 2. The number of unbranched alkanes of at least 4 members (excludes halogenated alkanes) is 1. The van der Waals surface area contributed by atoms with Gasteiger partial charge in [-0.2, -0.15) is 0 Å². The van der Waals surface area contributed by atoms with Crippen molar-refractivity contribution < 1.29 is 12.8 Å². The number of sulfonamides is 1. The van der Waals surface area contributed by atoms with Gasteiger partial charge in [-0.1, -0.05) is 19.4 Å². The monoisotopic (exact) mass is 347 g/mol. The van der Waals surface area contributed by atoms with Crippen molar-refractivity contribution in [2.45, 2.75) is 19.8 Å². The standard InChI is InChI=1S/C17H18FN3O2S/c1-2-3-10-24(22,23)21-16-5-4-12(11-15(16)18)13-6-8-19-17-14(13)7-9-20-17/h4-9,11,21H,2-3,10H2,1H3,(H,19,20). The summed E-state index contributed by atoms with van der Waals surface area (Å²) in [6.45, 7) is 1.90. The summed E-state index contributed by atoms with van der Waals surface area (Å²) in [5.74, 6) is -0.619. The van der Waals surface area contributed by atoms with Gasteiger partial charge >= 0.3 is 0 Å². The van der Waals surface area contributed by atoms with Gasteiger partial charge in [-0.25, -0.2) is 17.8 Å². The van der Waals surface area contributed by atoms with Crippen molar-refractivity contribution in [1.82, 2.24) is 9.97 Å². The van der Waals surface area contributed by atoms with Crippen LogP contribution >= 0.6 is 0 Å². The highest BCUT2D eigenvalue weighted by molar-refractivity contribution is 7.92. The first-order valence-electron chi connectivity index (χ1n) is 7.72. The average Bonchev–Trinajstić information content (AvgIpc) is 3.03. The van der Waals surface area contributed by atoms with E-state index in [1.165, 1.54) is 12.1 Å². The minimum absolute atomic E-state index is 0.0149. The van der Waals surface area contributed by atoms with Crippen LogP contribution in [0, 0.1) is 5.82 Å². The third kappa shape index (κ3) is 3.41. The number of pyridine rings is 1. The van der Waals surface area contributed by atoms with E-state index in [4.69, 9.17) is 0 Å². The van der Waals surface area contributed by atoms with E-state index in [1.807, 2.05) is 13.0 Å². The van der Waals surface area contributed by atoms with Gasteiger partial charge in [0.05, 0.1) is 11.4 Å². The lowest BCUT2D eigenvalue weighted by molar-refractivity contribution is 0.595. The number of hydrogen-bond acceptors (Lipinski definition) is 3. The summed E-state index contributed by atoms with van der Waals surface area (Å²) in [6.07, 6.45) is 4.72. The molecule has 5 nitrogen and oxygen atoms in total. The summed E-state index contributed by atoms with van der Waals surface area (Å²) in [4.78, 5) is 7.21. The lowest BCUT2D eigenvalue weighted by Crippen LogP contribution is -2.17. The zero-order valence-corrected chi connectivity index (χ0v) is 14.0. The Labute approximate surface area is 140 Å². The number of benzene rings is 1. The molecule has 2 heterocycles. The van der Waals surface area contributed by atoms with E-state index in [9.17, 15) is 12.8 Å². The highest BCUT2D eigenvalue weighted by atomic mass is 32.2. The van der Waals surface area contributed by atoms with Crippen LogP contribution < -0.4 is 4.72 Å². The third-order valence-corrected chi connectivity index (χ3v) is 5.13. The van der Waals surface area contributed by atoms with E-state index in [1.54, 1.807) is 24.5 Å². The molecule has 3 aromatic rings. The SMILES string of the molecule is CCCCS(=O)(=O)Nc1ccc(-c2ccnc3[nH]ccc23)cc1F. The van der Waals surface area contributed by atoms with Crippen LogP contribution in [-0.2, 0) is 10.0 Å². The van der Waals surface area contributed by atoms with Crippen LogP contribution in [0.2, 0.25) is 0 Å². The molecule has 0 radical (unpaired) electrons. The number of rotatable bonds is 6. The Morgan fingerprint density at radius 2 is 2.08 bits per heavy atom. The molecule has 2 N–H and O–H groups in total. The van der Waals surface area contributed by atoms with Gasteiger partial charge in [0.15, 0.2) is 0 Å². The predicted molar refractivity (Wildman–Crippen MR) is 93.8 cm³/mol. The van der Waals surface area contributed by atoms with Gasteiger partial charge < -0.3 is 4.98 Å². The van der Waals surface area contributed by atoms with Crippen molar-refractivity contribution in [2.75, 3.05) is 10.5 Å². The molecular formula is C17H18FN3O2S. The Balaban J connectivity index is 1.92. The minimum atomic E-state index is -3.53. The maximum Gasteiger partial charge on any atom is 0.232 e. The number of aromatic nitrogens is 2. The lowest BCUT2D eigenvalue weighted by Gasteiger charge is -2.10. The summed E-state index contributed by atoms with van der Waals surface area (Å²) in [6, 6.07) is 8.15. The van der Waals surface area contributed by atoms with Crippen molar-refractivity contribution >= 4 is 26.7 Å². The van der Waals surface area contributed by atoms with Gasteiger partial charge in [-0.15, -0.1) is 0 Å². The molecule has 1 aromatic carbocycles. The van der Waals surface area contributed by atoms with Crippen LogP contribution in [0.1, 0.15) is 19.8 Å². The first kappa shape index (κ1) is 16.4. The van der Waals surface area contributed by atoms with Crippen molar-refractivity contribution in [3.63, 3.8) is 0 Å². The third-order valence-electron chi connectivity index (χ3n) is 3.77. The number of aromatic amines is 1. The second-order valence-electron chi connectivity index (χ2n) is 5.57. The lowest BCUT2D eigenvalue weighted by atomic mass is 10.0. The second-order valence-corrected chi connectivity index (χ2v) is 7.41. The highest BCUT2D eigenvalue weighted by Gasteiger charge is 2.14. The number of H-pyrrole nitrogens is 1. The summed E-state index contributed by atoms with van der Waals surface area (Å²) < 4.78 is 40.5. The van der Waals surface area contributed by atoms with Crippen molar-refractivity contribution in [3.8, 4) is 11.1 Å². The van der Waals surface area contributed by atoms with Gasteiger partial charge in [0.2, 0.25) is 10.0 Å². The van der Waals surface area contributed by atoms with E-state index in [-0.39, 0.29) is 11.4 Å². The smallest absolute Gasteiger partial charge is 0.232 e. The van der Waals surface area contributed by atoms with Crippen molar-refractivity contribution in [2.24, 2.45) is 0 Å². The Bertz CT molecular complexity index is 967. The zero-order chi connectivity index (χ0) is 17.2. The fourth-order valence-corrected chi connectivity index (χ4v) is 3.80. The van der Waals surface area contributed by atoms with E-state index >= 15 is 0 Å². The maximum absolute atomic E-state index is 14.4. The topological polar surface area (TPSA) is 74.8 Å². The molecule has 0 fully saturated rings. The van der Waals surface area contributed by atoms with Crippen molar-refractivity contribution in [1.29, 1.82) is 0 Å². The van der Waals surface area contributed by atoms with Gasteiger partial charge in [-0.3, -0.25) is 4.72 Å². The van der Waals surface area contributed by atoms with E-state index < -0.39 is 15.8 Å². The molecule has 7 heteroatoms. The quantitative estimate of drug-likeness (QED) is 0.710. The van der Waals surface area contributed by atoms with Gasteiger partial charge in [0.1, 0.15) is 11.5 Å². The van der Waals surface area contributed by atoms with E-state index in [0.717, 1.165) is 23.0 Å². The zero-order valence-electron chi connectivity index (χ0n) is 13.2. The summed E-state index contributed by atoms with van der Waals surface area (Å²) >= 11 is 0. The molecule has 0 aliphatic rings. The fraction of sp³-hybridized carbons (Fsp3) is 0.235. The molecular weight excluding hydrogens is 329 g/mol. The number of halogens is 1. The minimum Gasteiger partial charge on any atom is -0.346 e. The van der Waals surface area contributed by atoms with Gasteiger partial charge in [0, 0.05) is 17.8 Å². The molecule has 0 saturated heterocycles. The summed E-state index contributed by atoms with van der Waals surface area (Å²) in [7, 11) is -3.53. The Hall–Kier alpha value is -2.41.